The number of nitrogens with zero attached hydrogens (tertiary/aromatic N) is 1. The predicted octanol–water partition coefficient (Wildman–Crippen LogP) is -1.73. The van der Waals surface area contributed by atoms with Gasteiger partial charge in [-0.15, -0.1) is 0 Å². The number of hydrazine groups is 1. The van der Waals surface area contributed by atoms with Crippen molar-refractivity contribution in [2.45, 2.75) is 45.2 Å². The van der Waals surface area contributed by atoms with Gasteiger partial charge in [-0.05, 0) is 20.8 Å². The number of nitrogens with one attached hydrogen (secondary N) is 2. The highest BCUT2D eigenvalue weighted by Crippen LogP contribution is 2.23. The normalized spacial score (nSPS) is 24.8. The Bertz CT molecular complexity index is 321. The number of carbonyl (C=O) groups is 2. The van der Waals surface area contributed by atoms with E-state index in [1.165, 1.54) is 6.92 Å². The number of rotatable bonds is 1. The van der Waals surface area contributed by atoms with E-state index < -0.39 is 29.3 Å². The van der Waals surface area contributed by atoms with Crippen LogP contribution in [0.2, 0.25) is 0 Å². The third kappa shape index (κ3) is 2.16. The largest absolute Gasteiger partial charge is 0.355 e. The zero-order valence-electron chi connectivity index (χ0n) is 9.74. The maximum absolute atomic E-state index is 11.7. The fourth-order valence-corrected chi connectivity index (χ4v) is 1.40. The molecule has 0 aromatic rings. The molecule has 1 fully saturated rings. The summed E-state index contributed by atoms with van der Waals surface area (Å²) in [5.74, 6) is -3.98. The van der Waals surface area contributed by atoms with Crippen molar-refractivity contribution >= 4 is 11.8 Å². The van der Waals surface area contributed by atoms with Gasteiger partial charge in [0.05, 0.1) is 5.54 Å². The zero-order valence-corrected chi connectivity index (χ0v) is 9.74. The van der Waals surface area contributed by atoms with E-state index in [-0.39, 0.29) is 0 Å². The summed E-state index contributed by atoms with van der Waals surface area (Å²) in [5.41, 5.74) is 1.93. The Morgan fingerprint density at radius 1 is 1.50 bits per heavy atom. The molecule has 0 radical (unpaired) electrons. The predicted molar refractivity (Wildman–Crippen MR) is 54.5 cm³/mol. The van der Waals surface area contributed by atoms with E-state index in [4.69, 9.17) is 0 Å². The molecule has 1 aliphatic heterocycles. The van der Waals surface area contributed by atoms with Crippen LogP contribution in [0.1, 0.15) is 27.7 Å². The average Bonchev–Trinajstić information content (AvgIpc) is 2.26. The van der Waals surface area contributed by atoms with E-state index >= 15 is 0 Å². The van der Waals surface area contributed by atoms with E-state index in [2.05, 4.69) is 10.7 Å². The first kappa shape index (κ1) is 12.9. The molecule has 1 atom stereocenters. The molecule has 16 heavy (non-hydrogen) atoms. The third-order valence-electron chi connectivity index (χ3n) is 2.20. The summed E-state index contributed by atoms with van der Waals surface area (Å²) in [5, 5.41) is 22.5. The lowest BCUT2D eigenvalue weighted by Gasteiger charge is -2.31. The maximum Gasteiger partial charge on any atom is 0.300 e. The van der Waals surface area contributed by atoms with Crippen LogP contribution in [0.4, 0.5) is 0 Å². The molecule has 1 aliphatic rings. The average molecular weight is 231 g/mol. The minimum Gasteiger partial charge on any atom is -0.355 e. The lowest BCUT2D eigenvalue weighted by Crippen LogP contribution is -2.56. The SMILES string of the molecule is CC(=O)NC1NN(C(C)(C)C)C(=O)C1(O)O. The van der Waals surface area contributed by atoms with Gasteiger partial charge in [0.25, 0.3) is 5.79 Å². The van der Waals surface area contributed by atoms with Crippen LogP contribution >= 0.6 is 0 Å². The van der Waals surface area contributed by atoms with Gasteiger partial charge in [0.1, 0.15) is 0 Å². The van der Waals surface area contributed by atoms with E-state index in [1.807, 2.05) is 0 Å². The van der Waals surface area contributed by atoms with Crippen molar-refractivity contribution in [3.05, 3.63) is 0 Å². The molecule has 92 valence electrons. The second-order valence-corrected chi connectivity index (χ2v) is 4.80. The minimum absolute atomic E-state index is 0.464. The summed E-state index contributed by atoms with van der Waals surface area (Å²) in [7, 11) is 0. The highest BCUT2D eigenvalue weighted by atomic mass is 16.5. The molecule has 7 nitrogen and oxygen atoms in total. The molecule has 4 N–H and O–H groups in total. The minimum atomic E-state index is -2.63. The van der Waals surface area contributed by atoms with Crippen molar-refractivity contribution in [3.63, 3.8) is 0 Å². The van der Waals surface area contributed by atoms with Crippen molar-refractivity contribution in [2.24, 2.45) is 0 Å². The van der Waals surface area contributed by atoms with Crippen LogP contribution in [0.3, 0.4) is 0 Å². The molecule has 2 amide bonds. The van der Waals surface area contributed by atoms with E-state index in [1.54, 1.807) is 20.8 Å². The van der Waals surface area contributed by atoms with Crippen LogP contribution in [0, 0.1) is 0 Å². The van der Waals surface area contributed by atoms with E-state index in [9.17, 15) is 19.8 Å². The highest BCUT2D eigenvalue weighted by molar-refractivity contribution is 5.87. The molecule has 1 unspecified atom stereocenters. The molecule has 1 saturated heterocycles. The first-order chi connectivity index (χ1) is 7.06. The second kappa shape index (κ2) is 3.69. The molecule has 0 aromatic carbocycles. The molecular weight excluding hydrogens is 214 g/mol. The van der Waals surface area contributed by atoms with Gasteiger partial charge in [-0.3, -0.25) is 14.6 Å². The Hall–Kier alpha value is -1.18. The van der Waals surface area contributed by atoms with Crippen LogP contribution in [0.5, 0.6) is 0 Å². The van der Waals surface area contributed by atoms with Crippen LogP contribution in [-0.4, -0.2) is 44.5 Å². The number of hydrogen-bond donors (Lipinski definition) is 4. The number of hydrogen-bond acceptors (Lipinski definition) is 5. The lowest BCUT2D eigenvalue weighted by atomic mass is 10.1. The molecule has 0 spiro atoms. The Kier molecular flexibility index (Phi) is 2.97. The summed E-state index contributed by atoms with van der Waals surface area (Å²) < 4.78 is 0. The Morgan fingerprint density at radius 3 is 2.31 bits per heavy atom. The molecule has 1 rings (SSSR count). The van der Waals surface area contributed by atoms with Gasteiger partial charge in [-0.2, -0.15) is 0 Å². The standard InChI is InChI=1S/C9H17N3O4/c1-5(13)10-6-9(15,16)7(14)12(11-6)8(2,3)4/h6,11,15-16H,1-4H3,(H,10,13). The topological polar surface area (TPSA) is 102 Å². The third-order valence-corrected chi connectivity index (χ3v) is 2.20. The number of carbonyl (C=O) groups excluding carboxylic acids is 2. The lowest BCUT2D eigenvalue weighted by molar-refractivity contribution is -0.190. The Morgan fingerprint density at radius 2 is 2.00 bits per heavy atom. The van der Waals surface area contributed by atoms with Gasteiger partial charge < -0.3 is 15.5 Å². The Labute approximate surface area is 93.4 Å². The maximum atomic E-state index is 11.7. The Balaban J connectivity index is 2.94. The summed E-state index contributed by atoms with van der Waals surface area (Å²) in [4.78, 5) is 22.5. The van der Waals surface area contributed by atoms with Crippen molar-refractivity contribution in [1.82, 2.24) is 15.8 Å². The van der Waals surface area contributed by atoms with Gasteiger partial charge in [0.15, 0.2) is 6.17 Å². The van der Waals surface area contributed by atoms with Crippen molar-refractivity contribution in [2.75, 3.05) is 0 Å². The van der Waals surface area contributed by atoms with E-state index in [0.29, 0.717) is 0 Å². The van der Waals surface area contributed by atoms with Gasteiger partial charge >= 0.3 is 5.91 Å². The quantitative estimate of drug-likeness (QED) is 0.402. The summed E-state index contributed by atoms with van der Waals surface area (Å²) in [6.07, 6.45) is -1.24. The van der Waals surface area contributed by atoms with E-state index in [0.717, 1.165) is 5.01 Å². The molecule has 7 heteroatoms. The summed E-state index contributed by atoms with van der Waals surface area (Å²) in [6, 6.07) is 0. The van der Waals surface area contributed by atoms with Crippen LogP contribution in [0.15, 0.2) is 0 Å². The summed E-state index contributed by atoms with van der Waals surface area (Å²) >= 11 is 0. The smallest absolute Gasteiger partial charge is 0.300 e. The number of amides is 2. The van der Waals surface area contributed by atoms with Crippen molar-refractivity contribution < 1.29 is 19.8 Å². The van der Waals surface area contributed by atoms with Gasteiger partial charge in [0.2, 0.25) is 5.91 Å². The summed E-state index contributed by atoms with van der Waals surface area (Å²) in [6.45, 7) is 6.40. The fourth-order valence-electron chi connectivity index (χ4n) is 1.40. The van der Waals surface area contributed by atoms with Crippen LogP contribution in [0.25, 0.3) is 0 Å². The fraction of sp³-hybridized carbons (Fsp3) is 0.778. The second-order valence-electron chi connectivity index (χ2n) is 4.80. The molecule has 0 saturated carbocycles. The zero-order chi connectivity index (χ0) is 12.7. The van der Waals surface area contributed by atoms with Gasteiger partial charge in [-0.1, -0.05) is 0 Å². The van der Waals surface area contributed by atoms with Gasteiger partial charge in [-0.25, -0.2) is 5.43 Å². The monoisotopic (exact) mass is 231 g/mol. The van der Waals surface area contributed by atoms with Crippen molar-refractivity contribution in [1.29, 1.82) is 0 Å². The molecule has 0 aromatic heterocycles. The molecule has 1 heterocycles. The van der Waals surface area contributed by atoms with Crippen molar-refractivity contribution in [3.8, 4) is 0 Å². The molecule has 0 aliphatic carbocycles. The highest BCUT2D eigenvalue weighted by Gasteiger charge is 2.55. The molecule has 0 bridgehead atoms. The van der Waals surface area contributed by atoms with Gasteiger partial charge in [0, 0.05) is 6.92 Å². The van der Waals surface area contributed by atoms with Crippen LogP contribution < -0.4 is 10.7 Å². The molecular formula is C9H17N3O4. The number of aliphatic hydroxyl groups is 2. The first-order valence-corrected chi connectivity index (χ1v) is 4.89. The van der Waals surface area contributed by atoms with Crippen LogP contribution in [-0.2, 0) is 9.59 Å². The first-order valence-electron chi connectivity index (χ1n) is 4.89.